The van der Waals surface area contributed by atoms with E-state index >= 15 is 0 Å². The van der Waals surface area contributed by atoms with Crippen molar-refractivity contribution in [3.05, 3.63) is 94.0 Å². The molecule has 2 aliphatic rings. The van der Waals surface area contributed by atoms with Crippen LogP contribution in [0, 0.1) is 0 Å². The van der Waals surface area contributed by atoms with Crippen molar-refractivity contribution in [2.75, 3.05) is 5.01 Å². The van der Waals surface area contributed by atoms with Gasteiger partial charge >= 0.3 is 5.97 Å². The maximum atomic E-state index is 12.8. The Hall–Kier alpha value is -3.49. The van der Waals surface area contributed by atoms with Crippen LogP contribution in [-0.2, 0) is 32.3 Å². The largest absolute Gasteiger partial charge is 0.460 e. The highest BCUT2D eigenvalue weighted by molar-refractivity contribution is 9.10. The molecule has 0 saturated carbocycles. The van der Waals surface area contributed by atoms with Crippen LogP contribution in [0.3, 0.4) is 0 Å². The standard InChI is InChI=1S/C26H21BrN2O5/c27-20-13-18(24-19(14-20)16-33-26(34-24)17-7-3-1-4-8-17)15-32-25(31)22-11-12-23(30)29(28-22)21-9-5-2-6-10-21/h1-10,13-14,26H,11-12,15-16H2/t26-/m1/s1. The molecule has 172 valence electrons. The van der Waals surface area contributed by atoms with Crippen LogP contribution in [-0.4, -0.2) is 17.6 Å². The van der Waals surface area contributed by atoms with Crippen molar-refractivity contribution in [3.8, 4) is 5.75 Å². The lowest BCUT2D eigenvalue weighted by molar-refractivity contribution is -0.137. The number of anilines is 1. The summed E-state index contributed by atoms with van der Waals surface area (Å²) >= 11 is 3.51. The van der Waals surface area contributed by atoms with Crippen LogP contribution in [0.25, 0.3) is 0 Å². The maximum absolute atomic E-state index is 12.8. The molecule has 2 heterocycles. The molecule has 2 aliphatic heterocycles. The summed E-state index contributed by atoms with van der Waals surface area (Å²) in [6.45, 7) is 0.372. The zero-order valence-electron chi connectivity index (χ0n) is 18.1. The first-order valence-electron chi connectivity index (χ1n) is 10.9. The quantitative estimate of drug-likeness (QED) is 0.427. The van der Waals surface area contributed by atoms with Gasteiger partial charge in [0, 0.05) is 34.0 Å². The second kappa shape index (κ2) is 9.79. The first-order chi connectivity index (χ1) is 16.6. The number of carbonyl (C=O) groups is 2. The predicted octanol–water partition coefficient (Wildman–Crippen LogP) is 5.28. The highest BCUT2D eigenvalue weighted by atomic mass is 79.9. The molecular formula is C26H21BrN2O5. The van der Waals surface area contributed by atoms with E-state index < -0.39 is 12.3 Å². The number of benzene rings is 3. The first-order valence-corrected chi connectivity index (χ1v) is 11.6. The number of esters is 1. The van der Waals surface area contributed by atoms with Crippen LogP contribution in [0.1, 0.15) is 35.8 Å². The lowest BCUT2D eigenvalue weighted by Gasteiger charge is -2.28. The summed E-state index contributed by atoms with van der Waals surface area (Å²) in [5, 5.41) is 5.52. The van der Waals surface area contributed by atoms with Crippen LogP contribution in [0.2, 0.25) is 0 Å². The number of para-hydroxylation sites is 1. The second-order valence-electron chi connectivity index (χ2n) is 7.89. The molecule has 0 N–H and O–H groups in total. The molecule has 0 spiro atoms. The van der Waals surface area contributed by atoms with Gasteiger partial charge in [-0.25, -0.2) is 9.80 Å². The van der Waals surface area contributed by atoms with Gasteiger partial charge in [-0.05, 0) is 24.3 Å². The first kappa shape index (κ1) is 22.3. The van der Waals surface area contributed by atoms with Crippen LogP contribution in [0.5, 0.6) is 5.75 Å². The van der Waals surface area contributed by atoms with Crippen molar-refractivity contribution in [2.24, 2.45) is 5.10 Å². The molecule has 1 atom stereocenters. The van der Waals surface area contributed by atoms with E-state index in [1.807, 2.05) is 60.7 Å². The summed E-state index contributed by atoms with van der Waals surface area (Å²) in [7, 11) is 0. The summed E-state index contributed by atoms with van der Waals surface area (Å²) in [5.74, 6) is -0.0826. The molecule has 0 aliphatic carbocycles. The van der Waals surface area contributed by atoms with Gasteiger partial charge in [0.05, 0.1) is 12.3 Å². The lowest BCUT2D eigenvalue weighted by atomic mass is 10.1. The molecule has 1 amide bonds. The summed E-state index contributed by atoms with van der Waals surface area (Å²) in [4.78, 5) is 25.1. The third-order valence-electron chi connectivity index (χ3n) is 5.52. The van der Waals surface area contributed by atoms with Crippen molar-refractivity contribution in [2.45, 2.75) is 32.3 Å². The van der Waals surface area contributed by atoms with E-state index in [1.165, 1.54) is 5.01 Å². The van der Waals surface area contributed by atoms with E-state index in [1.54, 1.807) is 12.1 Å². The molecule has 0 unspecified atom stereocenters. The Kier molecular flexibility index (Phi) is 6.42. The molecule has 0 fully saturated rings. The Balaban J connectivity index is 1.33. The SMILES string of the molecule is O=C(OCc1cc(Br)cc2c1O[C@H](c1ccccc1)OC2)C1=NN(c2ccccc2)C(=O)CC1. The molecule has 3 aromatic rings. The fourth-order valence-electron chi connectivity index (χ4n) is 3.86. The highest BCUT2D eigenvalue weighted by Crippen LogP contribution is 2.38. The average molecular weight is 521 g/mol. The summed E-state index contributed by atoms with van der Waals surface area (Å²) in [6, 6.07) is 22.5. The number of amides is 1. The van der Waals surface area contributed by atoms with Crippen LogP contribution in [0.4, 0.5) is 5.69 Å². The van der Waals surface area contributed by atoms with Gasteiger partial charge in [0.2, 0.25) is 12.2 Å². The maximum Gasteiger partial charge on any atom is 0.354 e. The van der Waals surface area contributed by atoms with Gasteiger partial charge < -0.3 is 14.2 Å². The summed E-state index contributed by atoms with van der Waals surface area (Å²) in [6.07, 6.45) is -0.121. The summed E-state index contributed by atoms with van der Waals surface area (Å²) in [5.41, 5.74) is 3.30. The number of hydrogen-bond acceptors (Lipinski definition) is 6. The van der Waals surface area contributed by atoms with Gasteiger partial charge in [0.1, 0.15) is 18.1 Å². The Morgan fingerprint density at radius 3 is 2.56 bits per heavy atom. The molecule has 0 aromatic heterocycles. The number of ether oxygens (including phenoxy) is 3. The number of hydrazone groups is 1. The minimum absolute atomic E-state index is 0.000416. The Morgan fingerprint density at radius 2 is 1.79 bits per heavy atom. The van der Waals surface area contributed by atoms with Crippen LogP contribution >= 0.6 is 15.9 Å². The molecule has 0 bridgehead atoms. The van der Waals surface area contributed by atoms with Crippen molar-refractivity contribution >= 4 is 39.2 Å². The van der Waals surface area contributed by atoms with Gasteiger partial charge in [-0.15, -0.1) is 0 Å². The smallest absolute Gasteiger partial charge is 0.354 e. The van der Waals surface area contributed by atoms with Gasteiger partial charge in [0.15, 0.2) is 0 Å². The fraction of sp³-hybridized carbons (Fsp3) is 0.192. The van der Waals surface area contributed by atoms with Gasteiger partial charge in [-0.1, -0.05) is 64.5 Å². The zero-order valence-corrected chi connectivity index (χ0v) is 19.7. The Labute approximate surface area is 205 Å². The number of fused-ring (bicyclic) bond motifs is 1. The number of carbonyl (C=O) groups excluding carboxylic acids is 2. The Bertz CT molecular complexity index is 1250. The second-order valence-corrected chi connectivity index (χ2v) is 8.80. The third kappa shape index (κ3) is 4.73. The molecular weight excluding hydrogens is 500 g/mol. The van der Waals surface area contributed by atoms with Crippen molar-refractivity contribution in [3.63, 3.8) is 0 Å². The predicted molar refractivity (Wildman–Crippen MR) is 129 cm³/mol. The highest BCUT2D eigenvalue weighted by Gasteiger charge is 2.28. The molecule has 5 rings (SSSR count). The van der Waals surface area contributed by atoms with E-state index in [0.29, 0.717) is 23.6 Å². The van der Waals surface area contributed by atoms with Gasteiger partial charge in [-0.2, -0.15) is 5.10 Å². The topological polar surface area (TPSA) is 77.4 Å². The van der Waals surface area contributed by atoms with E-state index in [0.717, 1.165) is 15.6 Å². The fourth-order valence-corrected chi connectivity index (χ4v) is 4.41. The molecule has 7 nitrogen and oxygen atoms in total. The van der Waals surface area contributed by atoms with Crippen LogP contribution in [0.15, 0.2) is 82.4 Å². The van der Waals surface area contributed by atoms with E-state index in [9.17, 15) is 9.59 Å². The normalized spacial score (nSPS) is 17.4. The average Bonchev–Trinajstić information content (AvgIpc) is 2.88. The Morgan fingerprint density at radius 1 is 1.06 bits per heavy atom. The lowest BCUT2D eigenvalue weighted by Crippen LogP contribution is -2.34. The van der Waals surface area contributed by atoms with Crippen molar-refractivity contribution < 1.29 is 23.8 Å². The summed E-state index contributed by atoms with van der Waals surface area (Å²) < 4.78 is 18.5. The zero-order chi connectivity index (χ0) is 23.5. The van der Waals surface area contributed by atoms with E-state index in [4.69, 9.17) is 14.2 Å². The van der Waals surface area contributed by atoms with Crippen molar-refractivity contribution in [1.82, 2.24) is 0 Å². The van der Waals surface area contributed by atoms with Gasteiger partial charge in [0.25, 0.3) is 0 Å². The van der Waals surface area contributed by atoms with Crippen molar-refractivity contribution in [1.29, 1.82) is 0 Å². The number of nitrogens with zero attached hydrogens (tertiary/aromatic N) is 2. The molecule has 34 heavy (non-hydrogen) atoms. The van der Waals surface area contributed by atoms with E-state index in [2.05, 4.69) is 21.0 Å². The molecule has 8 heteroatoms. The minimum atomic E-state index is -0.561. The van der Waals surface area contributed by atoms with Crippen LogP contribution < -0.4 is 9.75 Å². The number of rotatable bonds is 5. The number of hydrogen-bond donors (Lipinski definition) is 0. The molecule has 3 aromatic carbocycles. The van der Waals surface area contributed by atoms with E-state index in [-0.39, 0.29) is 31.1 Å². The minimum Gasteiger partial charge on any atom is -0.460 e. The van der Waals surface area contributed by atoms with Gasteiger partial charge in [-0.3, -0.25) is 4.79 Å². The third-order valence-corrected chi connectivity index (χ3v) is 5.98. The number of halogens is 1. The molecule has 0 radical (unpaired) electrons. The monoisotopic (exact) mass is 520 g/mol. The molecule has 0 saturated heterocycles.